The lowest BCUT2D eigenvalue weighted by molar-refractivity contribution is 0.0439. The fourth-order valence-electron chi connectivity index (χ4n) is 2.52. The number of carbonyl (C=O) groups excluding carboxylic acids is 1. The number of esters is 1. The Bertz CT molecular complexity index is 1040. The number of rotatable bonds is 5. The maximum atomic E-state index is 13.0. The summed E-state index contributed by atoms with van der Waals surface area (Å²) in [6, 6.07) is 12.8. The van der Waals surface area contributed by atoms with E-state index in [1.165, 1.54) is 18.3 Å². The Hall–Kier alpha value is -3.74. The van der Waals surface area contributed by atoms with Crippen molar-refractivity contribution in [3.05, 3.63) is 90.7 Å². The zero-order valence-electron chi connectivity index (χ0n) is 14.1. The summed E-state index contributed by atoms with van der Waals surface area (Å²) in [5.74, 6) is -0.0661. The van der Waals surface area contributed by atoms with Crippen molar-refractivity contribution in [2.45, 2.75) is 6.61 Å². The third kappa shape index (κ3) is 3.77. The minimum atomic E-state index is -0.478. The molecule has 0 amide bonds. The van der Waals surface area contributed by atoms with Crippen LogP contribution in [0.25, 0.3) is 17.0 Å². The van der Waals surface area contributed by atoms with Gasteiger partial charge in [0, 0.05) is 23.6 Å². The van der Waals surface area contributed by atoms with E-state index in [2.05, 4.69) is 9.97 Å². The minimum absolute atomic E-state index is 0.0939. The molecule has 0 bridgehead atoms. The number of ether oxygens (including phenoxy) is 1. The van der Waals surface area contributed by atoms with Crippen LogP contribution in [-0.2, 0) is 11.3 Å². The quantitative estimate of drug-likeness (QED) is 0.501. The standard InChI is InChI=1S/C20H14FN3O3/c21-16-5-1-14(2-6-16)18-11-23-19(27-18)12-26-20(25)15-3-7-17(8-4-15)24-10-9-22-13-24/h1-11,13H,12H2. The van der Waals surface area contributed by atoms with Crippen molar-refractivity contribution in [1.29, 1.82) is 0 Å². The van der Waals surface area contributed by atoms with E-state index in [0.717, 1.165) is 5.69 Å². The number of imidazole rings is 1. The van der Waals surface area contributed by atoms with Gasteiger partial charge in [-0.25, -0.2) is 19.2 Å². The predicted molar refractivity (Wildman–Crippen MR) is 94.6 cm³/mol. The Kier molecular flexibility index (Phi) is 4.49. The van der Waals surface area contributed by atoms with E-state index < -0.39 is 5.97 Å². The van der Waals surface area contributed by atoms with Gasteiger partial charge in [0.1, 0.15) is 5.82 Å². The Morgan fingerprint density at radius 2 is 1.89 bits per heavy atom. The molecule has 4 rings (SSSR count). The SMILES string of the molecule is O=C(OCc1ncc(-c2ccc(F)cc2)o1)c1ccc(-n2ccnc2)cc1. The van der Waals surface area contributed by atoms with E-state index in [1.54, 1.807) is 48.9 Å². The maximum Gasteiger partial charge on any atom is 0.338 e. The molecule has 0 atom stereocenters. The van der Waals surface area contributed by atoms with Crippen molar-refractivity contribution in [3.63, 3.8) is 0 Å². The Balaban J connectivity index is 1.38. The van der Waals surface area contributed by atoms with E-state index in [-0.39, 0.29) is 18.3 Å². The van der Waals surface area contributed by atoms with Crippen molar-refractivity contribution in [3.8, 4) is 17.0 Å². The maximum absolute atomic E-state index is 13.0. The van der Waals surface area contributed by atoms with Crippen LogP contribution in [-0.4, -0.2) is 20.5 Å². The highest BCUT2D eigenvalue weighted by Gasteiger charge is 2.11. The molecule has 0 saturated carbocycles. The van der Waals surface area contributed by atoms with Crippen LogP contribution in [0.1, 0.15) is 16.2 Å². The zero-order chi connectivity index (χ0) is 18.6. The highest BCUT2D eigenvalue weighted by molar-refractivity contribution is 5.89. The summed E-state index contributed by atoms with van der Waals surface area (Å²) in [6.07, 6.45) is 6.68. The van der Waals surface area contributed by atoms with Crippen molar-refractivity contribution >= 4 is 5.97 Å². The average molecular weight is 363 g/mol. The van der Waals surface area contributed by atoms with Gasteiger partial charge in [0.05, 0.1) is 18.1 Å². The van der Waals surface area contributed by atoms with Crippen LogP contribution in [0.15, 0.2) is 77.9 Å². The fourth-order valence-corrected chi connectivity index (χ4v) is 2.52. The van der Waals surface area contributed by atoms with E-state index in [9.17, 15) is 9.18 Å². The second-order valence-corrected chi connectivity index (χ2v) is 5.72. The number of oxazole rings is 1. The number of carbonyl (C=O) groups is 1. The van der Waals surface area contributed by atoms with E-state index in [4.69, 9.17) is 9.15 Å². The van der Waals surface area contributed by atoms with Gasteiger partial charge in [-0.3, -0.25) is 0 Å². The van der Waals surface area contributed by atoms with Crippen LogP contribution >= 0.6 is 0 Å². The molecule has 134 valence electrons. The molecule has 0 fully saturated rings. The Labute approximate surface area is 153 Å². The number of halogens is 1. The van der Waals surface area contributed by atoms with Crippen molar-refractivity contribution in [2.24, 2.45) is 0 Å². The molecule has 0 aliphatic heterocycles. The highest BCUT2D eigenvalue weighted by Crippen LogP contribution is 2.21. The van der Waals surface area contributed by atoms with Crippen LogP contribution in [0.3, 0.4) is 0 Å². The lowest BCUT2D eigenvalue weighted by Crippen LogP contribution is -2.05. The van der Waals surface area contributed by atoms with Gasteiger partial charge in [0.25, 0.3) is 0 Å². The van der Waals surface area contributed by atoms with Crippen molar-refractivity contribution in [1.82, 2.24) is 14.5 Å². The number of nitrogens with zero attached hydrogens (tertiary/aromatic N) is 3. The molecule has 0 spiro atoms. The summed E-state index contributed by atoms with van der Waals surface area (Å²) in [7, 11) is 0. The van der Waals surface area contributed by atoms with Gasteiger partial charge in [-0.2, -0.15) is 0 Å². The Morgan fingerprint density at radius 1 is 1.11 bits per heavy atom. The largest absolute Gasteiger partial charge is 0.452 e. The van der Waals surface area contributed by atoms with E-state index >= 15 is 0 Å². The van der Waals surface area contributed by atoms with Crippen LogP contribution < -0.4 is 0 Å². The van der Waals surface area contributed by atoms with Gasteiger partial charge in [0.2, 0.25) is 5.89 Å². The lowest BCUT2D eigenvalue weighted by Gasteiger charge is -2.05. The van der Waals surface area contributed by atoms with E-state index in [1.807, 2.05) is 10.8 Å². The second-order valence-electron chi connectivity index (χ2n) is 5.72. The fraction of sp³-hybridized carbons (Fsp3) is 0.0500. The Morgan fingerprint density at radius 3 is 2.59 bits per heavy atom. The lowest BCUT2D eigenvalue weighted by atomic mass is 10.2. The summed E-state index contributed by atoms with van der Waals surface area (Å²) in [5.41, 5.74) is 2.00. The molecule has 0 saturated heterocycles. The molecule has 6 nitrogen and oxygen atoms in total. The zero-order valence-corrected chi connectivity index (χ0v) is 14.1. The first-order valence-corrected chi connectivity index (χ1v) is 8.15. The summed E-state index contributed by atoms with van der Waals surface area (Å²) in [5, 5.41) is 0. The van der Waals surface area contributed by atoms with Crippen LogP contribution in [0.4, 0.5) is 4.39 Å². The van der Waals surface area contributed by atoms with Crippen LogP contribution in [0, 0.1) is 5.82 Å². The number of hydrogen-bond acceptors (Lipinski definition) is 5. The summed E-state index contributed by atoms with van der Waals surface area (Å²) >= 11 is 0. The first-order valence-electron chi connectivity index (χ1n) is 8.15. The molecule has 2 aromatic carbocycles. The summed E-state index contributed by atoms with van der Waals surface area (Å²) in [4.78, 5) is 20.2. The first-order chi connectivity index (χ1) is 13.2. The summed E-state index contributed by atoms with van der Waals surface area (Å²) < 4.78 is 25.6. The molecule has 4 aromatic rings. The molecule has 2 aromatic heterocycles. The normalized spacial score (nSPS) is 10.7. The van der Waals surface area contributed by atoms with Gasteiger partial charge in [-0.05, 0) is 48.5 Å². The molecule has 7 heteroatoms. The molecule has 0 unspecified atom stereocenters. The van der Waals surface area contributed by atoms with Gasteiger partial charge in [-0.15, -0.1) is 0 Å². The molecule has 0 N–H and O–H groups in total. The smallest absolute Gasteiger partial charge is 0.338 e. The molecular formula is C20H14FN3O3. The van der Waals surface area contributed by atoms with Crippen molar-refractivity contribution in [2.75, 3.05) is 0 Å². The molecule has 0 aliphatic rings. The molecule has 0 aliphatic carbocycles. The van der Waals surface area contributed by atoms with E-state index in [0.29, 0.717) is 16.9 Å². The van der Waals surface area contributed by atoms with Crippen molar-refractivity contribution < 1.29 is 18.3 Å². The minimum Gasteiger partial charge on any atom is -0.452 e. The third-order valence-electron chi connectivity index (χ3n) is 3.91. The van der Waals surface area contributed by atoms with Gasteiger partial charge < -0.3 is 13.7 Å². The van der Waals surface area contributed by atoms with Gasteiger partial charge >= 0.3 is 5.97 Å². The molecule has 0 radical (unpaired) electrons. The molecule has 2 heterocycles. The highest BCUT2D eigenvalue weighted by atomic mass is 19.1. The first kappa shape index (κ1) is 16.7. The molecule has 27 heavy (non-hydrogen) atoms. The second kappa shape index (κ2) is 7.25. The van der Waals surface area contributed by atoms with Gasteiger partial charge in [0.15, 0.2) is 12.4 Å². The monoisotopic (exact) mass is 363 g/mol. The topological polar surface area (TPSA) is 70.2 Å². The number of benzene rings is 2. The number of hydrogen-bond donors (Lipinski definition) is 0. The third-order valence-corrected chi connectivity index (χ3v) is 3.91. The average Bonchev–Trinajstić information content (AvgIpc) is 3.39. The van der Waals surface area contributed by atoms with Crippen LogP contribution in [0.2, 0.25) is 0 Å². The molecular weight excluding hydrogens is 349 g/mol. The predicted octanol–water partition coefficient (Wildman–Crippen LogP) is 4.02. The number of aromatic nitrogens is 3. The summed E-state index contributed by atoms with van der Waals surface area (Å²) in [6.45, 7) is -0.0939. The van der Waals surface area contributed by atoms with Gasteiger partial charge in [-0.1, -0.05) is 0 Å². The van der Waals surface area contributed by atoms with Crippen LogP contribution in [0.5, 0.6) is 0 Å².